The van der Waals surface area contributed by atoms with Crippen molar-refractivity contribution in [3.8, 4) is 0 Å². The first-order valence-electron chi connectivity index (χ1n) is 9.65. The van der Waals surface area contributed by atoms with Crippen molar-refractivity contribution in [2.45, 2.75) is 32.2 Å². The van der Waals surface area contributed by atoms with Gasteiger partial charge in [0.25, 0.3) is 11.8 Å². The molecule has 0 radical (unpaired) electrons. The lowest BCUT2D eigenvalue weighted by atomic mass is 10.0. The summed E-state index contributed by atoms with van der Waals surface area (Å²) in [5.74, 6) is -0.212. The summed E-state index contributed by atoms with van der Waals surface area (Å²) in [6.45, 7) is 5.42. The van der Waals surface area contributed by atoms with E-state index < -0.39 is 0 Å². The molecule has 2 aromatic rings. The molecule has 5 heteroatoms. The number of piperidine rings is 1. The van der Waals surface area contributed by atoms with Crippen LogP contribution in [0.25, 0.3) is 0 Å². The predicted octanol–water partition coefficient (Wildman–Crippen LogP) is 3.54. The lowest BCUT2D eigenvalue weighted by molar-refractivity contribution is 0.0910. The van der Waals surface area contributed by atoms with Gasteiger partial charge in [0.2, 0.25) is 0 Å². The molecule has 1 aliphatic rings. The molecule has 3 rings (SSSR count). The molecular weight excluding hydrogens is 338 g/mol. The fourth-order valence-electron chi connectivity index (χ4n) is 3.38. The van der Waals surface area contributed by atoms with Crippen LogP contribution < -0.4 is 10.6 Å². The van der Waals surface area contributed by atoms with Crippen LogP contribution in [0.15, 0.2) is 54.6 Å². The minimum Gasteiger partial charge on any atom is -0.349 e. The normalized spacial score (nSPS) is 15.3. The summed E-state index contributed by atoms with van der Waals surface area (Å²) in [5, 5.41) is 5.98. The topological polar surface area (TPSA) is 61.4 Å². The van der Waals surface area contributed by atoms with Crippen LogP contribution in [0.5, 0.6) is 0 Å². The Labute approximate surface area is 160 Å². The number of likely N-dealkylation sites (tertiary alicyclic amines) is 1. The second-order valence-electron chi connectivity index (χ2n) is 6.99. The number of carbonyl (C=O) groups is 2. The molecule has 0 aliphatic carbocycles. The van der Waals surface area contributed by atoms with Crippen molar-refractivity contribution in [1.29, 1.82) is 0 Å². The van der Waals surface area contributed by atoms with Crippen LogP contribution in [0.4, 0.5) is 5.69 Å². The molecular formula is C22H27N3O2. The Hall–Kier alpha value is -2.66. The Morgan fingerprint density at radius 2 is 1.56 bits per heavy atom. The Kier molecular flexibility index (Phi) is 6.60. The van der Waals surface area contributed by atoms with Crippen molar-refractivity contribution >= 4 is 17.5 Å². The highest BCUT2D eigenvalue weighted by atomic mass is 16.2. The highest BCUT2D eigenvalue weighted by Gasteiger charge is 2.20. The number of hydrogen-bond donors (Lipinski definition) is 2. The van der Waals surface area contributed by atoms with E-state index in [9.17, 15) is 9.59 Å². The SMILES string of the molecule is CCCN1CCC(NC(=O)c2ccc(NC(=O)c3ccccc3)cc2)CC1. The predicted molar refractivity (Wildman–Crippen MR) is 108 cm³/mol. The maximum absolute atomic E-state index is 12.5. The molecule has 0 atom stereocenters. The summed E-state index contributed by atoms with van der Waals surface area (Å²) in [6, 6.07) is 16.3. The van der Waals surface area contributed by atoms with Crippen LogP contribution in [0.3, 0.4) is 0 Å². The number of nitrogens with zero attached hydrogens (tertiary/aromatic N) is 1. The van der Waals surface area contributed by atoms with Gasteiger partial charge in [-0.3, -0.25) is 9.59 Å². The first kappa shape index (κ1) is 19.1. The number of anilines is 1. The molecule has 1 aliphatic heterocycles. The zero-order chi connectivity index (χ0) is 19.1. The molecule has 0 saturated carbocycles. The van der Waals surface area contributed by atoms with Crippen molar-refractivity contribution in [2.75, 3.05) is 25.0 Å². The van der Waals surface area contributed by atoms with Crippen molar-refractivity contribution in [1.82, 2.24) is 10.2 Å². The number of carbonyl (C=O) groups excluding carboxylic acids is 2. The Bertz CT molecular complexity index is 751. The maximum Gasteiger partial charge on any atom is 0.255 e. The smallest absolute Gasteiger partial charge is 0.255 e. The van der Waals surface area contributed by atoms with Gasteiger partial charge in [-0.05, 0) is 62.2 Å². The van der Waals surface area contributed by atoms with Crippen LogP contribution in [-0.2, 0) is 0 Å². The van der Waals surface area contributed by atoms with Crippen molar-refractivity contribution < 1.29 is 9.59 Å². The van der Waals surface area contributed by atoms with E-state index >= 15 is 0 Å². The summed E-state index contributed by atoms with van der Waals surface area (Å²) < 4.78 is 0. The van der Waals surface area contributed by atoms with Crippen LogP contribution in [0.1, 0.15) is 46.9 Å². The van der Waals surface area contributed by atoms with Gasteiger partial charge in [-0.1, -0.05) is 25.1 Å². The third-order valence-electron chi connectivity index (χ3n) is 4.90. The lowest BCUT2D eigenvalue weighted by Gasteiger charge is -2.32. The van der Waals surface area contributed by atoms with E-state index in [0.717, 1.165) is 32.5 Å². The second kappa shape index (κ2) is 9.33. The van der Waals surface area contributed by atoms with Crippen LogP contribution in [-0.4, -0.2) is 42.4 Å². The second-order valence-corrected chi connectivity index (χ2v) is 6.99. The molecule has 142 valence electrons. The van der Waals surface area contributed by atoms with E-state index in [1.165, 1.54) is 6.42 Å². The van der Waals surface area contributed by atoms with E-state index in [0.29, 0.717) is 16.8 Å². The first-order valence-corrected chi connectivity index (χ1v) is 9.65. The highest BCUT2D eigenvalue weighted by molar-refractivity contribution is 6.04. The fourth-order valence-corrected chi connectivity index (χ4v) is 3.38. The zero-order valence-electron chi connectivity index (χ0n) is 15.8. The number of nitrogens with one attached hydrogen (secondary N) is 2. The van der Waals surface area contributed by atoms with Crippen LogP contribution >= 0.6 is 0 Å². The fraction of sp³-hybridized carbons (Fsp3) is 0.364. The van der Waals surface area contributed by atoms with Gasteiger partial charge in [-0.15, -0.1) is 0 Å². The first-order chi connectivity index (χ1) is 13.2. The molecule has 0 aromatic heterocycles. The molecule has 1 heterocycles. The summed E-state index contributed by atoms with van der Waals surface area (Å²) in [7, 11) is 0. The number of amides is 2. The van der Waals surface area contributed by atoms with Crippen molar-refractivity contribution in [3.63, 3.8) is 0 Å². The summed E-state index contributed by atoms with van der Waals surface area (Å²) in [5.41, 5.74) is 1.89. The lowest BCUT2D eigenvalue weighted by Crippen LogP contribution is -2.44. The van der Waals surface area contributed by atoms with Gasteiger partial charge in [0.15, 0.2) is 0 Å². The monoisotopic (exact) mass is 365 g/mol. The van der Waals surface area contributed by atoms with Crippen LogP contribution in [0, 0.1) is 0 Å². The largest absolute Gasteiger partial charge is 0.349 e. The number of rotatable bonds is 6. The third-order valence-corrected chi connectivity index (χ3v) is 4.90. The van der Waals surface area contributed by atoms with Crippen molar-refractivity contribution in [2.24, 2.45) is 0 Å². The maximum atomic E-state index is 12.5. The number of benzene rings is 2. The molecule has 1 fully saturated rings. The molecule has 0 spiro atoms. The molecule has 1 saturated heterocycles. The molecule has 0 bridgehead atoms. The molecule has 0 unspecified atom stereocenters. The summed E-state index contributed by atoms with van der Waals surface area (Å²) in [6.07, 6.45) is 3.16. The minimum atomic E-state index is -0.161. The summed E-state index contributed by atoms with van der Waals surface area (Å²) >= 11 is 0. The van der Waals surface area contributed by atoms with E-state index in [1.54, 1.807) is 36.4 Å². The highest BCUT2D eigenvalue weighted by Crippen LogP contribution is 2.14. The average molecular weight is 365 g/mol. The van der Waals surface area contributed by atoms with E-state index in [-0.39, 0.29) is 17.9 Å². The molecule has 27 heavy (non-hydrogen) atoms. The van der Waals surface area contributed by atoms with Crippen molar-refractivity contribution in [3.05, 3.63) is 65.7 Å². The van der Waals surface area contributed by atoms with Gasteiger partial charge in [-0.25, -0.2) is 0 Å². The van der Waals surface area contributed by atoms with E-state index in [1.807, 2.05) is 18.2 Å². The van der Waals surface area contributed by atoms with Gasteiger partial charge in [-0.2, -0.15) is 0 Å². The standard InChI is InChI=1S/C22H27N3O2/c1-2-14-25-15-12-20(13-16-25)24-22(27)18-8-10-19(11-9-18)23-21(26)17-6-4-3-5-7-17/h3-11,20H,2,12-16H2,1H3,(H,23,26)(H,24,27). The third kappa shape index (κ3) is 5.41. The van der Waals surface area contributed by atoms with Gasteiger partial charge < -0.3 is 15.5 Å². The quantitative estimate of drug-likeness (QED) is 0.823. The molecule has 2 N–H and O–H groups in total. The van der Waals surface area contributed by atoms with Gasteiger partial charge in [0, 0.05) is 35.9 Å². The van der Waals surface area contributed by atoms with Gasteiger partial charge >= 0.3 is 0 Å². The van der Waals surface area contributed by atoms with E-state index in [4.69, 9.17) is 0 Å². The van der Waals surface area contributed by atoms with Gasteiger partial charge in [0.1, 0.15) is 0 Å². The number of hydrogen-bond acceptors (Lipinski definition) is 3. The Balaban J connectivity index is 1.51. The molecule has 5 nitrogen and oxygen atoms in total. The molecule has 2 aromatic carbocycles. The van der Waals surface area contributed by atoms with E-state index in [2.05, 4.69) is 22.5 Å². The minimum absolute atomic E-state index is 0.0510. The van der Waals surface area contributed by atoms with Crippen LogP contribution in [0.2, 0.25) is 0 Å². The zero-order valence-corrected chi connectivity index (χ0v) is 15.8. The average Bonchev–Trinajstić information content (AvgIpc) is 2.71. The summed E-state index contributed by atoms with van der Waals surface area (Å²) in [4.78, 5) is 27.1. The Morgan fingerprint density at radius 1 is 0.926 bits per heavy atom. The molecule has 2 amide bonds. The Morgan fingerprint density at radius 3 is 2.19 bits per heavy atom. The van der Waals surface area contributed by atoms with Gasteiger partial charge in [0.05, 0.1) is 0 Å².